The van der Waals surface area contributed by atoms with Crippen molar-refractivity contribution in [1.29, 1.82) is 0 Å². The van der Waals surface area contributed by atoms with E-state index in [1.54, 1.807) is 9.13 Å². The number of para-hydroxylation sites is 2. The topological polar surface area (TPSA) is 85.1 Å². The second-order valence-electron chi connectivity index (χ2n) is 6.78. The Bertz CT molecular complexity index is 1140. The Morgan fingerprint density at radius 2 is 1.60 bits per heavy atom. The Morgan fingerprint density at radius 3 is 2.23 bits per heavy atom. The largest absolute Gasteiger partial charge is 0.347 e. The zero-order valence-corrected chi connectivity index (χ0v) is 16.5. The van der Waals surface area contributed by atoms with Gasteiger partial charge < -0.3 is 10.6 Å². The summed E-state index contributed by atoms with van der Waals surface area (Å²) in [6.07, 6.45) is 0.819. The molecule has 2 aromatic carbocycles. The van der Waals surface area contributed by atoms with Gasteiger partial charge in [-0.2, -0.15) is 0 Å². The highest BCUT2D eigenvalue weighted by atomic mass is 19.2. The number of carbonyl (C=O) groups is 2. The van der Waals surface area contributed by atoms with Gasteiger partial charge in [-0.25, -0.2) is 13.6 Å². The summed E-state index contributed by atoms with van der Waals surface area (Å²) in [5, 5.41) is 4.83. The highest BCUT2D eigenvalue weighted by molar-refractivity contribution is 5.94. The van der Waals surface area contributed by atoms with Gasteiger partial charge in [-0.1, -0.05) is 19.1 Å². The van der Waals surface area contributed by atoms with E-state index in [4.69, 9.17) is 0 Å². The van der Waals surface area contributed by atoms with Crippen LogP contribution in [0.25, 0.3) is 11.0 Å². The van der Waals surface area contributed by atoms with Gasteiger partial charge in [-0.05, 0) is 30.7 Å². The third kappa shape index (κ3) is 4.73. The van der Waals surface area contributed by atoms with Gasteiger partial charge in [0.1, 0.15) is 0 Å². The summed E-state index contributed by atoms with van der Waals surface area (Å²) < 4.78 is 29.3. The van der Waals surface area contributed by atoms with E-state index in [1.807, 2.05) is 31.2 Å². The number of hydrogen-bond acceptors (Lipinski definition) is 3. The normalized spacial score (nSPS) is 10.9. The van der Waals surface area contributed by atoms with Crippen molar-refractivity contribution in [3.63, 3.8) is 0 Å². The quantitative estimate of drug-likeness (QED) is 0.592. The predicted octanol–water partition coefficient (Wildman–Crippen LogP) is 2.64. The molecule has 0 fully saturated rings. The average Bonchev–Trinajstić information content (AvgIpc) is 2.99. The van der Waals surface area contributed by atoms with Gasteiger partial charge in [0, 0.05) is 31.3 Å². The van der Waals surface area contributed by atoms with Crippen LogP contribution in [0.1, 0.15) is 19.8 Å². The van der Waals surface area contributed by atoms with Crippen LogP contribution in [0.3, 0.4) is 0 Å². The molecule has 1 aromatic heterocycles. The van der Waals surface area contributed by atoms with Crippen molar-refractivity contribution in [2.24, 2.45) is 0 Å². The molecule has 3 aromatic rings. The van der Waals surface area contributed by atoms with Gasteiger partial charge in [0.25, 0.3) is 0 Å². The van der Waals surface area contributed by atoms with Crippen LogP contribution in [0.2, 0.25) is 0 Å². The third-order valence-corrected chi connectivity index (χ3v) is 4.58. The SMILES string of the molecule is CCCn1c(=O)n(CCC(=O)NCC(=O)Nc2ccc(F)c(F)c2)c2ccccc21. The molecule has 0 spiro atoms. The van der Waals surface area contributed by atoms with E-state index in [2.05, 4.69) is 10.6 Å². The molecule has 0 saturated carbocycles. The monoisotopic (exact) mass is 416 g/mol. The number of nitrogens with one attached hydrogen (secondary N) is 2. The number of benzene rings is 2. The summed E-state index contributed by atoms with van der Waals surface area (Å²) in [7, 11) is 0. The Labute approximate surface area is 171 Å². The van der Waals surface area contributed by atoms with Crippen LogP contribution in [-0.4, -0.2) is 27.5 Å². The molecule has 1 heterocycles. The molecule has 0 radical (unpaired) electrons. The number of fused-ring (bicyclic) bond motifs is 1. The maximum atomic E-state index is 13.2. The molecule has 0 aliphatic rings. The number of rotatable bonds is 8. The standard InChI is InChI=1S/C21H22F2N4O3/c1-2-10-26-17-5-3-4-6-18(17)27(21(26)30)11-9-19(28)24-13-20(29)25-14-7-8-15(22)16(23)12-14/h3-8,12H,2,9-11,13H2,1H3,(H,24,28)(H,25,29). The molecule has 9 heteroatoms. The van der Waals surface area contributed by atoms with E-state index in [0.717, 1.165) is 29.6 Å². The first-order valence-corrected chi connectivity index (χ1v) is 9.60. The highest BCUT2D eigenvalue weighted by Gasteiger charge is 2.14. The van der Waals surface area contributed by atoms with Crippen LogP contribution in [0.5, 0.6) is 0 Å². The first-order valence-electron chi connectivity index (χ1n) is 9.60. The van der Waals surface area contributed by atoms with Crippen LogP contribution in [-0.2, 0) is 22.7 Å². The van der Waals surface area contributed by atoms with Crippen molar-refractivity contribution >= 4 is 28.5 Å². The number of hydrogen-bond donors (Lipinski definition) is 2. The number of halogens is 2. The summed E-state index contributed by atoms with van der Waals surface area (Å²) in [5.74, 6) is -3.08. The van der Waals surface area contributed by atoms with E-state index in [9.17, 15) is 23.2 Å². The van der Waals surface area contributed by atoms with Crippen molar-refractivity contribution in [2.45, 2.75) is 32.9 Å². The smallest absolute Gasteiger partial charge is 0.329 e. The van der Waals surface area contributed by atoms with E-state index >= 15 is 0 Å². The number of imidazole rings is 1. The van der Waals surface area contributed by atoms with E-state index in [0.29, 0.717) is 6.54 Å². The van der Waals surface area contributed by atoms with Crippen molar-refractivity contribution < 1.29 is 18.4 Å². The van der Waals surface area contributed by atoms with E-state index in [-0.39, 0.29) is 30.9 Å². The lowest BCUT2D eigenvalue weighted by molar-refractivity contribution is -0.124. The van der Waals surface area contributed by atoms with Crippen LogP contribution in [0.4, 0.5) is 14.5 Å². The zero-order chi connectivity index (χ0) is 21.7. The maximum absolute atomic E-state index is 13.2. The van der Waals surface area contributed by atoms with Gasteiger partial charge in [0.15, 0.2) is 11.6 Å². The maximum Gasteiger partial charge on any atom is 0.329 e. The van der Waals surface area contributed by atoms with Gasteiger partial charge >= 0.3 is 5.69 Å². The Hall–Kier alpha value is -3.49. The molecular weight excluding hydrogens is 394 g/mol. The molecule has 2 N–H and O–H groups in total. The lowest BCUT2D eigenvalue weighted by Gasteiger charge is -2.08. The number of nitrogens with zero attached hydrogens (tertiary/aromatic N) is 2. The molecule has 0 bridgehead atoms. The molecule has 0 aliphatic carbocycles. The molecule has 0 saturated heterocycles. The third-order valence-electron chi connectivity index (χ3n) is 4.58. The summed E-state index contributed by atoms with van der Waals surface area (Å²) in [4.78, 5) is 36.7. The fraction of sp³-hybridized carbons (Fsp3) is 0.286. The molecule has 0 aliphatic heterocycles. The average molecular weight is 416 g/mol. The van der Waals surface area contributed by atoms with Gasteiger partial charge in [0.05, 0.1) is 17.6 Å². The molecule has 0 atom stereocenters. The number of aryl methyl sites for hydroxylation is 2. The summed E-state index contributed by atoms with van der Waals surface area (Å²) in [6, 6.07) is 10.4. The molecule has 158 valence electrons. The van der Waals surface area contributed by atoms with Gasteiger partial charge in [-0.3, -0.25) is 18.7 Å². The first-order chi connectivity index (χ1) is 14.4. The minimum Gasteiger partial charge on any atom is -0.347 e. The molecule has 2 amide bonds. The second kappa shape index (κ2) is 9.34. The minimum absolute atomic E-state index is 0.0124. The fourth-order valence-electron chi connectivity index (χ4n) is 3.19. The highest BCUT2D eigenvalue weighted by Crippen LogP contribution is 2.14. The van der Waals surface area contributed by atoms with Crippen LogP contribution in [0.15, 0.2) is 47.3 Å². The molecule has 30 heavy (non-hydrogen) atoms. The second-order valence-corrected chi connectivity index (χ2v) is 6.78. The van der Waals surface area contributed by atoms with Crippen molar-refractivity contribution in [1.82, 2.24) is 14.5 Å². The number of anilines is 1. The number of amides is 2. The van der Waals surface area contributed by atoms with E-state index < -0.39 is 23.4 Å². The fourth-order valence-corrected chi connectivity index (χ4v) is 3.19. The van der Waals surface area contributed by atoms with Crippen LogP contribution >= 0.6 is 0 Å². The molecule has 0 unspecified atom stereocenters. The van der Waals surface area contributed by atoms with Crippen LogP contribution in [0, 0.1) is 11.6 Å². The van der Waals surface area contributed by atoms with Crippen LogP contribution < -0.4 is 16.3 Å². The minimum atomic E-state index is -1.08. The molecule has 3 rings (SSSR count). The van der Waals surface area contributed by atoms with Gasteiger partial charge in [-0.15, -0.1) is 0 Å². The Kier molecular flexibility index (Phi) is 6.61. The van der Waals surface area contributed by atoms with Crippen molar-refractivity contribution in [3.05, 3.63) is 64.6 Å². The Balaban J connectivity index is 1.57. The van der Waals surface area contributed by atoms with Crippen molar-refractivity contribution in [3.8, 4) is 0 Å². The molecular formula is C21H22F2N4O3. The Morgan fingerprint density at radius 1 is 0.933 bits per heavy atom. The van der Waals surface area contributed by atoms with Crippen molar-refractivity contribution in [2.75, 3.05) is 11.9 Å². The first kappa shape index (κ1) is 21.2. The van der Waals surface area contributed by atoms with Gasteiger partial charge in [0.2, 0.25) is 11.8 Å². The summed E-state index contributed by atoms with van der Waals surface area (Å²) >= 11 is 0. The lowest BCUT2D eigenvalue weighted by Crippen LogP contribution is -2.34. The number of carbonyl (C=O) groups excluding carboxylic acids is 2. The predicted molar refractivity (Wildman–Crippen MR) is 109 cm³/mol. The molecule has 7 nitrogen and oxygen atoms in total. The van der Waals surface area contributed by atoms with E-state index in [1.165, 1.54) is 6.07 Å². The summed E-state index contributed by atoms with van der Waals surface area (Å²) in [6.45, 7) is 2.41. The zero-order valence-electron chi connectivity index (χ0n) is 16.5. The lowest BCUT2D eigenvalue weighted by atomic mass is 10.3. The number of aromatic nitrogens is 2. The summed E-state index contributed by atoms with van der Waals surface area (Å²) in [5.41, 5.74) is 1.47.